The highest BCUT2D eigenvalue weighted by atomic mass is 35.5. The molecule has 0 aliphatic carbocycles. The van der Waals surface area contributed by atoms with Crippen LogP contribution in [0.15, 0.2) is 29.3 Å². The molecule has 0 aliphatic rings. The van der Waals surface area contributed by atoms with Crippen LogP contribution >= 0.6 is 11.6 Å². The van der Waals surface area contributed by atoms with Crippen molar-refractivity contribution in [2.45, 2.75) is 0 Å². The van der Waals surface area contributed by atoms with E-state index < -0.39 is 0 Å². The molecular formula is C8H5ClN2O. The van der Waals surface area contributed by atoms with Gasteiger partial charge in [0.1, 0.15) is 5.15 Å². The molecule has 12 heavy (non-hydrogen) atoms. The number of rotatable bonds is 0. The number of aromatic nitrogens is 2. The average molecular weight is 181 g/mol. The van der Waals surface area contributed by atoms with Gasteiger partial charge in [0.2, 0.25) is 0 Å². The predicted octanol–water partition coefficient (Wildman–Crippen LogP) is 1.58. The minimum absolute atomic E-state index is 0.203. The van der Waals surface area contributed by atoms with Crippen LogP contribution in [0.1, 0.15) is 0 Å². The standard InChI is InChI=1S/C8H5ClN2O/c9-7-6-5(1-3-10-7)2-4-11-8(6)12/h1-4H,(H,11,12). The first kappa shape index (κ1) is 7.31. The molecule has 3 nitrogen and oxygen atoms in total. The van der Waals surface area contributed by atoms with E-state index in [1.807, 2.05) is 0 Å². The lowest BCUT2D eigenvalue weighted by molar-refractivity contribution is 1.26. The molecule has 0 fully saturated rings. The summed E-state index contributed by atoms with van der Waals surface area (Å²) >= 11 is 5.73. The number of hydrogen-bond donors (Lipinski definition) is 1. The van der Waals surface area contributed by atoms with Crippen LogP contribution in [-0.4, -0.2) is 9.97 Å². The number of H-pyrrole nitrogens is 1. The van der Waals surface area contributed by atoms with Gasteiger partial charge in [-0.25, -0.2) is 4.98 Å². The Morgan fingerprint density at radius 3 is 3.00 bits per heavy atom. The summed E-state index contributed by atoms with van der Waals surface area (Å²) < 4.78 is 0. The van der Waals surface area contributed by atoms with Gasteiger partial charge in [0.15, 0.2) is 0 Å². The quantitative estimate of drug-likeness (QED) is 0.626. The van der Waals surface area contributed by atoms with Crippen molar-refractivity contribution < 1.29 is 0 Å². The largest absolute Gasteiger partial charge is 0.328 e. The summed E-state index contributed by atoms with van der Waals surface area (Å²) in [6.45, 7) is 0. The monoisotopic (exact) mass is 180 g/mol. The highest BCUT2D eigenvalue weighted by Crippen LogP contribution is 2.15. The maximum absolute atomic E-state index is 11.2. The Morgan fingerprint density at radius 2 is 2.25 bits per heavy atom. The van der Waals surface area contributed by atoms with E-state index in [9.17, 15) is 4.79 Å². The number of aromatic amines is 1. The van der Waals surface area contributed by atoms with Crippen molar-refractivity contribution in [2.24, 2.45) is 0 Å². The molecule has 0 spiro atoms. The summed E-state index contributed by atoms with van der Waals surface area (Å²) in [6.07, 6.45) is 3.16. The van der Waals surface area contributed by atoms with Crippen molar-refractivity contribution >= 4 is 22.4 Å². The maximum Gasteiger partial charge on any atom is 0.258 e. The molecule has 0 unspecified atom stereocenters. The number of pyridine rings is 2. The predicted molar refractivity (Wildman–Crippen MR) is 47.4 cm³/mol. The Labute approximate surface area is 73.0 Å². The summed E-state index contributed by atoms with van der Waals surface area (Å²) in [6, 6.07) is 3.53. The van der Waals surface area contributed by atoms with Gasteiger partial charge in [0, 0.05) is 12.4 Å². The second-order valence-electron chi connectivity index (χ2n) is 2.37. The maximum atomic E-state index is 11.2. The molecule has 0 saturated heterocycles. The van der Waals surface area contributed by atoms with Gasteiger partial charge < -0.3 is 4.98 Å². The normalized spacial score (nSPS) is 10.4. The van der Waals surface area contributed by atoms with E-state index >= 15 is 0 Å². The van der Waals surface area contributed by atoms with Gasteiger partial charge in [-0.2, -0.15) is 0 Å². The zero-order chi connectivity index (χ0) is 8.55. The van der Waals surface area contributed by atoms with Crippen LogP contribution < -0.4 is 5.56 Å². The Hall–Kier alpha value is -1.35. The summed E-state index contributed by atoms with van der Waals surface area (Å²) in [5.74, 6) is 0. The van der Waals surface area contributed by atoms with Crippen LogP contribution in [0.5, 0.6) is 0 Å². The van der Waals surface area contributed by atoms with Crippen LogP contribution in [0.25, 0.3) is 10.8 Å². The molecule has 60 valence electrons. The molecular weight excluding hydrogens is 176 g/mol. The van der Waals surface area contributed by atoms with Crippen molar-refractivity contribution in [1.82, 2.24) is 9.97 Å². The minimum atomic E-state index is -0.203. The molecule has 0 saturated carbocycles. The minimum Gasteiger partial charge on any atom is -0.328 e. The van der Waals surface area contributed by atoms with Gasteiger partial charge in [-0.1, -0.05) is 11.6 Å². The van der Waals surface area contributed by atoms with E-state index in [4.69, 9.17) is 11.6 Å². The summed E-state index contributed by atoms with van der Waals surface area (Å²) in [7, 11) is 0. The third kappa shape index (κ3) is 0.987. The average Bonchev–Trinajstić information content (AvgIpc) is 2.04. The van der Waals surface area contributed by atoms with Gasteiger partial charge in [0.05, 0.1) is 5.39 Å². The Kier molecular flexibility index (Phi) is 1.59. The Morgan fingerprint density at radius 1 is 1.42 bits per heavy atom. The molecule has 4 heteroatoms. The fourth-order valence-electron chi connectivity index (χ4n) is 1.09. The smallest absolute Gasteiger partial charge is 0.258 e. The SMILES string of the molecule is O=c1[nH]ccc2ccnc(Cl)c12. The molecule has 1 N–H and O–H groups in total. The molecule has 2 rings (SSSR count). The Balaban J connectivity index is 3.07. The first-order chi connectivity index (χ1) is 5.79. The van der Waals surface area contributed by atoms with Crippen molar-refractivity contribution in [3.63, 3.8) is 0 Å². The molecule has 2 heterocycles. The summed E-state index contributed by atoms with van der Waals surface area (Å²) in [5.41, 5.74) is -0.203. The summed E-state index contributed by atoms with van der Waals surface area (Å²) in [4.78, 5) is 17.6. The van der Waals surface area contributed by atoms with Crippen LogP contribution in [-0.2, 0) is 0 Å². The second-order valence-corrected chi connectivity index (χ2v) is 2.73. The van der Waals surface area contributed by atoms with Gasteiger partial charge >= 0.3 is 0 Å². The highest BCUT2D eigenvalue weighted by molar-refractivity contribution is 6.34. The molecule has 0 radical (unpaired) electrons. The van der Waals surface area contributed by atoms with Crippen LogP contribution in [0.4, 0.5) is 0 Å². The van der Waals surface area contributed by atoms with E-state index in [0.29, 0.717) is 5.39 Å². The second kappa shape index (κ2) is 2.60. The van der Waals surface area contributed by atoms with E-state index in [2.05, 4.69) is 9.97 Å². The number of nitrogens with one attached hydrogen (secondary N) is 1. The van der Waals surface area contributed by atoms with Crippen molar-refractivity contribution in [2.75, 3.05) is 0 Å². The van der Waals surface area contributed by atoms with Crippen LogP contribution in [0, 0.1) is 0 Å². The van der Waals surface area contributed by atoms with Gasteiger partial charge in [-0.05, 0) is 17.5 Å². The number of halogens is 1. The fourth-order valence-corrected chi connectivity index (χ4v) is 1.34. The molecule has 0 aliphatic heterocycles. The van der Waals surface area contributed by atoms with Crippen molar-refractivity contribution in [3.05, 3.63) is 40.0 Å². The van der Waals surface area contributed by atoms with Crippen LogP contribution in [0.2, 0.25) is 5.15 Å². The molecule has 2 aromatic heterocycles. The topological polar surface area (TPSA) is 45.8 Å². The van der Waals surface area contributed by atoms with Gasteiger partial charge in [-0.15, -0.1) is 0 Å². The van der Waals surface area contributed by atoms with Gasteiger partial charge in [-0.3, -0.25) is 4.79 Å². The zero-order valence-electron chi connectivity index (χ0n) is 6.04. The summed E-state index contributed by atoms with van der Waals surface area (Å²) in [5, 5.41) is 1.50. The number of fused-ring (bicyclic) bond motifs is 1. The lowest BCUT2D eigenvalue weighted by Crippen LogP contribution is -2.05. The molecule has 0 amide bonds. The molecule has 0 atom stereocenters. The van der Waals surface area contributed by atoms with Crippen LogP contribution in [0.3, 0.4) is 0 Å². The number of hydrogen-bond acceptors (Lipinski definition) is 2. The molecule has 0 aromatic carbocycles. The van der Waals surface area contributed by atoms with Gasteiger partial charge in [0.25, 0.3) is 5.56 Å². The first-order valence-corrected chi connectivity index (χ1v) is 3.79. The third-order valence-corrected chi connectivity index (χ3v) is 1.93. The van der Waals surface area contributed by atoms with Crippen molar-refractivity contribution in [3.8, 4) is 0 Å². The van der Waals surface area contributed by atoms with E-state index in [0.717, 1.165) is 5.39 Å². The molecule has 2 aromatic rings. The number of nitrogens with zero attached hydrogens (tertiary/aromatic N) is 1. The zero-order valence-corrected chi connectivity index (χ0v) is 6.80. The Bertz CT molecular complexity index is 472. The van der Waals surface area contributed by atoms with E-state index in [1.54, 1.807) is 24.5 Å². The van der Waals surface area contributed by atoms with E-state index in [-0.39, 0.29) is 10.7 Å². The van der Waals surface area contributed by atoms with Crippen molar-refractivity contribution in [1.29, 1.82) is 0 Å². The van der Waals surface area contributed by atoms with E-state index in [1.165, 1.54) is 0 Å². The lowest BCUT2D eigenvalue weighted by atomic mass is 10.2. The fraction of sp³-hybridized carbons (Fsp3) is 0. The first-order valence-electron chi connectivity index (χ1n) is 3.41. The molecule has 0 bridgehead atoms. The third-order valence-electron chi connectivity index (χ3n) is 1.64. The highest BCUT2D eigenvalue weighted by Gasteiger charge is 2.01. The lowest BCUT2D eigenvalue weighted by Gasteiger charge is -1.95.